The molecule has 0 saturated heterocycles. The summed E-state index contributed by atoms with van der Waals surface area (Å²) < 4.78 is 5.12. The van der Waals surface area contributed by atoms with E-state index in [9.17, 15) is 4.79 Å². The molecule has 0 aromatic heterocycles. The van der Waals surface area contributed by atoms with E-state index in [-0.39, 0.29) is 5.97 Å². The number of ether oxygens (including phenoxy) is 1. The molecule has 92 valence electrons. The highest BCUT2D eigenvalue weighted by molar-refractivity contribution is 5.82. The van der Waals surface area contributed by atoms with E-state index in [4.69, 9.17) is 4.74 Å². The molecular weight excluding hydrogens is 212 g/mol. The number of esters is 1. The maximum atomic E-state index is 11.3. The standard InChI is InChI=1S/C15H20O2/c1-15(2,3)17-14(16)12-8-7-11-13-9-5-4-6-10-13/h8-9,12H,4-6,10H2,1-3H3/b12-8+. The van der Waals surface area contributed by atoms with Gasteiger partial charge in [0.2, 0.25) is 0 Å². The average Bonchev–Trinajstić information content (AvgIpc) is 2.23. The first kappa shape index (κ1) is 13.6. The van der Waals surface area contributed by atoms with Gasteiger partial charge in [0.1, 0.15) is 5.60 Å². The topological polar surface area (TPSA) is 26.3 Å². The lowest BCUT2D eigenvalue weighted by Crippen LogP contribution is -2.22. The molecule has 17 heavy (non-hydrogen) atoms. The molecule has 0 unspecified atom stereocenters. The van der Waals surface area contributed by atoms with E-state index in [2.05, 4.69) is 17.9 Å². The molecule has 2 heteroatoms. The highest BCUT2D eigenvalue weighted by Gasteiger charge is 2.13. The van der Waals surface area contributed by atoms with Gasteiger partial charge in [-0.3, -0.25) is 0 Å². The summed E-state index contributed by atoms with van der Waals surface area (Å²) >= 11 is 0. The molecule has 0 aliphatic heterocycles. The Hall–Kier alpha value is -1.49. The fraction of sp³-hybridized carbons (Fsp3) is 0.533. The Morgan fingerprint density at radius 3 is 2.76 bits per heavy atom. The van der Waals surface area contributed by atoms with E-state index < -0.39 is 5.60 Å². The molecule has 0 radical (unpaired) electrons. The highest BCUT2D eigenvalue weighted by Crippen LogP contribution is 2.15. The summed E-state index contributed by atoms with van der Waals surface area (Å²) in [7, 11) is 0. The van der Waals surface area contributed by atoms with Crippen molar-refractivity contribution >= 4 is 5.97 Å². The van der Waals surface area contributed by atoms with Crippen LogP contribution in [0.3, 0.4) is 0 Å². The summed E-state index contributed by atoms with van der Waals surface area (Å²) in [5.74, 6) is 5.59. The van der Waals surface area contributed by atoms with Crippen LogP contribution >= 0.6 is 0 Å². The largest absolute Gasteiger partial charge is 0.457 e. The van der Waals surface area contributed by atoms with Gasteiger partial charge in [-0.05, 0) is 58.1 Å². The van der Waals surface area contributed by atoms with Crippen LogP contribution in [0.2, 0.25) is 0 Å². The minimum Gasteiger partial charge on any atom is -0.457 e. The van der Waals surface area contributed by atoms with Gasteiger partial charge in [-0.1, -0.05) is 17.9 Å². The summed E-state index contributed by atoms with van der Waals surface area (Å²) in [5, 5.41) is 0. The van der Waals surface area contributed by atoms with E-state index in [0.717, 1.165) is 12.8 Å². The van der Waals surface area contributed by atoms with Crippen LogP contribution in [-0.4, -0.2) is 11.6 Å². The van der Waals surface area contributed by atoms with Crippen molar-refractivity contribution in [1.82, 2.24) is 0 Å². The monoisotopic (exact) mass is 232 g/mol. The third kappa shape index (κ3) is 6.63. The second-order valence-electron chi connectivity index (χ2n) is 5.11. The van der Waals surface area contributed by atoms with Crippen molar-refractivity contribution in [3.63, 3.8) is 0 Å². The zero-order valence-corrected chi connectivity index (χ0v) is 10.9. The first-order chi connectivity index (χ1) is 7.97. The first-order valence-electron chi connectivity index (χ1n) is 6.07. The van der Waals surface area contributed by atoms with Crippen LogP contribution in [0.25, 0.3) is 0 Å². The maximum Gasteiger partial charge on any atom is 0.331 e. The van der Waals surface area contributed by atoms with Crippen LogP contribution in [0, 0.1) is 11.8 Å². The van der Waals surface area contributed by atoms with E-state index in [1.165, 1.54) is 24.5 Å². The maximum absolute atomic E-state index is 11.3. The molecule has 0 spiro atoms. The minimum absolute atomic E-state index is 0.343. The Balaban J connectivity index is 2.42. The van der Waals surface area contributed by atoms with Crippen molar-refractivity contribution in [3.8, 4) is 11.8 Å². The third-order valence-electron chi connectivity index (χ3n) is 2.23. The quantitative estimate of drug-likeness (QED) is 0.393. The zero-order valence-electron chi connectivity index (χ0n) is 10.9. The van der Waals surface area contributed by atoms with E-state index in [1.807, 2.05) is 20.8 Å². The molecule has 0 heterocycles. The first-order valence-corrected chi connectivity index (χ1v) is 6.07. The minimum atomic E-state index is -0.444. The molecule has 0 fully saturated rings. The second-order valence-corrected chi connectivity index (χ2v) is 5.11. The fourth-order valence-electron chi connectivity index (χ4n) is 1.53. The number of carbonyl (C=O) groups excluding carboxylic acids is 1. The van der Waals surface area contributed by atoms with Crippen LogP contribution < -0.4 is 0 Å². The predicted octanol–water partition coefficient (Wildman–Crippen LogP) is 3.39. The Morgan fingerprint density at radius 2 is 2.18 bits per heavy atom. The molecule has 1 aliphatic rings. The average molecular weight is 232 g/mol. The Morgan fingerprint density at radius 1 is 1.41 bits per heavy atom. The van der Waals surface area contributed by atoms with Gasteiger partial charge >= 0.3 is 5.97 Å². The van der Waals surface area contributed by atoms with Gasteiger partial charge in [-0.15, -0.1) is 0 Å². The smallest absolute Gasteiger partial charge is 0.331 e. The molecule has 0 bridgehead atoms. The zero-order chi connectivity index (χ0) is 12.7. The fourth-order valence-corrected chi connectivity index (χ4v) is 1.53. The van der Waals surface area contributed by atoms with Crippen molar-refractivity contribution in [2.45, 2.75) is 52.1 Å². The molecule has 0 aromatic rings. The second kappa shape index (κ2) is 6.30. The van der Waals surface area contributed by atoms with Gasteiger partial charge in [0.25, 0.3) is 0 Å². The number of hydrogen-bond acceptors (Lipinski definition) is 2. The molecule has 1 rings (SSSR count). The van der Waals surface area contributed by atoms with E-state index in [0.29, 0.717) is 0 Å². The van der Waals surface area contributed by atoms with Gasteiger partial charge in [-0.25, -0.2) is 4.79 Å². The van der Waals surface area contributed by atoms with Gasteiger partial charge < -0.3 is 4.74 Å². The van der Waals surface area contributed by atoms with Crippen LogP contribution in [-0.2, 0) is 9.53 Å². The van der Waals surface area contributed by atoms with Gasteiger partial charge in [-0.2, -0.15) is 0 Å². The van der Waals surface area contributed by atoms with Crippen molar-refractivity contribution in [1.29, 1.82) is 0 Å². The number of carbonyl (C=O) groups is 1. The van der Waals surface area contributed by atoms with E-state index >= 15 is 0 Å². The molecule has 2 nitrogen and oxygen atoms in total. The Bertz CT molecular complexity index is 383. The molecule has 0 saturated carbocycles. The van der Waals surface area contributed by atoms with Gasteiger partial charge in [0, 0.05) is 6.08 Å². The molecule has 0 aromatic carbocycles. The van der Waals surface area contributed by atoms with Crippen LogP contribution in [0.5, 0.6) is 0 Å². The highest BCUT2D eigenvalue weighted by atomic mass is 16.6. The molecular formula is C15H20O2. The SMILES string of the molecule is CC(C)(C)OC(=O)/C=C/C#CC1=CCCCC1. The van der Waals surface area contributed by atoms with Crippen molar-refractivity contribution in [2.24, 2.45) is 0 Å². The van der Waals surface area contributed by atoms with Crippen molar-refractivity contribution < 1.29 is 9.53 Å². The third-order valence-corrected chi connectivity index (χ3v) is 2.23. The summed E-state index contributed by atoms with van der Waals surface area (Å²) in [6.07, 6.45) is 9.78. The Kier molecular flexibility index (Phi) is 5.03. The van der Waals surface area contributed by atoms with E-state index in [1.54, 1.807) is 6.08 Å². The lowest BCUT2D eigenvalue weighted by Gasteiger charge is -2.17. The van der Waals surface area contributed by atoms with Crippen molar-refractivity contribution in [2.75, 3.05) is 0 Å². The molecule has 1 aliphatic carbocycles. The lowest BCUT2D eigenvalue weighted by atomic mass is 10.0. The van der Waals surface area contributed by atoms with Gasteiger partial charge in [0.05, 0.1) is 0 Å². The summed E-state index contributed by atoms with van der Waals surface area (Å²) in [5.41, 5.74) is 0.742. The number of allylic oxidation sites excluding steroid dienone is 3. The van der Waals surface area contributed by atoms with Crippen molar-refractivity contribution in [3.05, 3.63) is 23.8 Å². The van der Waals surface area contributed by atoms with Gasteiger partial charge in [0.15, 0.2) is 0 Å². The van der Waals surface area contributed by atoms with Crippen LogP contribution in [0.15, 0.2) is 23.8 Å². The summed E-state index contributed by atoms with van der Waals surface area (Å²) in [6.45, 7) is 5.53. The molecule has 0 atom stereocenters. The predicted molar refractivity (Wildman–Crippen MR) is 69.3 cm³/mol. The Labute approximate surface area is 104 Å². The molecule has 0 amide bonds. The summed E-state index contributed by atoms with van der Waals surface area (Å²) in [6, 6.07) is 0. The van der Waals surface area contributed by atoms with Crippen LogP contribution in [0.4, 0.5) is 0 Å². The number of rotatable bonds is 1. The molecule has 0 N–H and O–H groups in total. The number of hydrogen-bond donors (Lipinski definition) is 0. The normalized spacial score (nSPS) is 16.1. The summed E-state index contributed by atoms with van der Waals surface area (Å²) in [4.78, 5) is 11.3. The van der Waals surface area contributed by atoms with Crippen LogP contribution in [0.1, 0.15) is 46.5 Å². The lowest BCUT2D eigenvalue weighted by molar-refractivity contribution is -0.148.